The molecule has 0 spiro atoms. The maximum absolute atomic E-state index is 15.4. The molecule has 0 radical (unpaired) electrons. The van der Waals surface area contributed by atoms with Gasteiger partial charge in [-0.1, -0.05) is 31.4 Å². The lowest BCUT2D eigenvalue weighted by molar-refractivity contribution is -0.129. The van der Waals surface area contributed by atoms with Gasteiger partial charge >= 0.3 is 6.01 Å². The quantitative estimate of drug-likeness (QED) is 0.206. The second-order valence-electron chi connectivity index (χ2n) is 17.0. The molecule has 8 rings (SSSR count). The number of aliphatic hydroxyl groups is 1. The number of likely N-dealkylation sites (N-methyl/N-ethyl adjacent to an activating group) is 1. The molecule has 59 heavy (non-hydrogen) atoms. The molecule has 4 aliphatic heterocycles. The van der Waals surface area contributed by atoms with Crippen LogP contribution in [0.15, 0.2) is 43.1 Å². The van der Waals surface area contributed by atoms with Crippen LogP contribution < -0.4 is 29.5 Å². The fraction of sp³-hybridized carbons (Fsp3) is 0.545. The number of nitrogens with zero attached hydrogens (tertiary/aromatic N) is 7. The number of morpholine rings is 1. The van der Waals surface area contributed by atoms with E-state index in [1.807, 2.05) is 28.9 Å². The minimum atomic E-state index is -1.09. The fourth-order valence-corrected chi connectivity index (χ4v) is 9.72. The Morgan fingerprint density at radius 2 is 2.00 bits per heavy atom. The first-order chi connectivity index (χ1) is 28.4. The minimum absolute atomic E-state index is 0.0786. The van der Waals surface area contributed by atoms with Gasteiger partial charge in [0.05, 0.1) is 77.9 Å². The third-order valence-electron chi connectivity index (χ3n) is 13.0. The summed E-state index contributed by atoms with van der Waals surface area (Å²) < 4.78 is 49.0. The highest BCUT2D eigenvalue weighted by molar-refractivity contribution is 5.87. The first-order valence-corrected chi connectivity index (χ1v) is 20.7. The molecular weight excluding hydrogens is 759 g/mol. The maximum atomic E-state index is 15.4. The van der Waals surface area contributed by atoms with Gasteiger partial charge in [-0.3, -0.25) is 4.79 Å². The lowest BCUT2D eigenvalue weighted by atomic mass is 9.93. The monoisotopic (exact) mass is 812 g/mol. The van der Waals surface area contributed by atoms with Gasteiger partial charge in [0, 0.05) is 45.9 Å². The standard InChI is InChI=1S/C44H54F2N8O5/c1-6-34-35(46)12-10-29-18-33(55)23-53(39(29)34)32-19-36-40(58-25-32)41(48-26-44(14-8-9-15-44)51(5)38(56)7-2)50-42(49-36)59-27-43(4)20-30(45)22-54(43)31-11-13-37(47-21-31)52-16-17-57-24-28(52)3/h1,7,10-13,21,28,30,32-33,55H,2,8-9,14-20,22-27H2,3-5H3,(H,48,49,50)/t28-,30-,32-,33-,43+/m1/s1. The van der Waals surface area contributed by atoms with Crippen LogP contribution in [0.25, 0.3) is 0 Å². The second kappa shape index (κ2) is 16.5. The molecule has 13 nitrogen and oxygen atoms in total. The SMILES string of the molecule is C#Cc1c(F)ccc2c1N([C@H]1COc3c(nc(OC[C@]4(C)C[C@@H](F)CN4c4ccc(N5CCOC[C@H]5C)nc4)nc3NCC3(N(C)C(=O)C=C)CCCC3)C1)C[C@H](O)C2. The van der Waals surface area contributed by atoms with E-state index in [0.29, 0.717) is 55.5 Å². The number of hydrogen-bond donors (Lipinski definition) is 2. The number of ether oxygens (including phenoxy) is 3. The highest BCUT2D eigenvalue weighted by Gasteiger charge is 2.45. The summed E-state index contributed by atoms with van der Waals surface area (Å²) in [5, 5.41) is 14.4. The normalized spacial score (nSPS) is 26.0. The highest BCUT2D eigenvalue weighted by Crippen LogP contribution is 2.42. The number of nitrogens with one attached hydrogen (secondary N) is 1. The van der Waals surface area contributed by atoms with Gasteiger partial charge in [-0.05, 0) is 56.5 Å². The lowest BCUT2D eigenvalue weighted by Gasteiger charge is -2.42. The van der Waals surface area contributed by atoms with E-state index in [-0.39, 0.29) is 62.3 Å². The number of rotatable bonds is 11. The molecule has 0 bridgehead atoms. The van der Waals surface area contributed by atoms with Crippen molar-refractivity contribution in [1.29, 1.82) is 0 Å². The number of benzene rings is 1. The predicted octanol–water partition coefficient (Wildman–Crippen LogP) is 4.70. The Labute approximate surface area is 344 Å². The Morgan fingerprint density at radius 3 is 2.73 bits per heavy atom. The van der Waals surface area contributed by atoms with Crippen LogP contribution >= 0.6 is 0 Å². The number of amides is 1. The van der Waals surface area contributed by atoms with E-state index in [9.17, 15) is 9.90 Å². The van der Waals surface area contributed by atoms with Crippen molar-refractivity contribution in [2.24, 2.45) is 0 Å². The van der Waals surface area contributed by atoms with E-state index in [1.54, 1.807) is 24.2 Å². The molecule has 2 saturated heterocycles. The van der Waals surface area contributed by atoms with Crippen LogP contribution in [0.4, 0.5) is 31.8 Å². The number of carbonyl (C=O) groups is 1. The Balaban J connectivity index is 1.09. The fourth-order valence-electron chi connectivity index (χ4n) is 9.72. The Hall–Kier alpha value is -5.20. The summed E-state index contributed by atoms with van der Waals surface area (Å²) in [5.74, 6) is 3.58. The van der Waals surface area contributed by atoms with Gasteiger partial charge in [0.15, 0.2) is 11.6 Å². The Bertz CT molecular complexity index is 2090. The number of alkyl halides is 1. The first-order valence-electron chi connectivity index (χ1n) is 20.7. The van der Waals surface area contributed by atoms with Crippen molar-refractivity contribution in [2.45, 2.75) is 94.2 Å². The number of β-amino-alcohol motifs (C(OH)–C–C–N with tert-alkyl or cyclic N) is 1. The molecule has 1 amide bonds. The number of aliphatic hydroxyl groups excluding tert-OH is 1. The molecule has 3 fully saturated rings. The summed E-state index contributed by atoms with van der Waals surface area (Å²) in [4.78, 5) is 35.3. The number of hydrogen-bond acceptors (Lipinski definition) is 12. The number of carbonyl (C=O) groups excluding carboxylic acids is 1. The Morgan fingerprint density at radius 1 is 1.19 bits per heavy atom. The lowest BCUT2D eigenvalue weighted by Crippen LogP contribution is -2.52. The average molecular weight is 813 g/mol. The summed E-state index contributed by atoms with van der Waals surface area (Å²) >= 11 is 0. The summed E-state index contributed by atoms with van der Waals surface area (Å²) in [6.45, 7) is 10.9. The molecule has 6 heterocycles. The molecule has 2 aromatic heterocycles. The number of anilines is 4. The topological polar surface area (TPSA) is 129 Å². The van der Waals surface area contributed by atoms with Crippen molar-refractivity contribution >= 4 is 28.9 Å². The highest BCUT2D eigenvalue weighted by atomic mass is 19.1. The molecule has 5 aliphatic rings. The van der Waals surface area contributed by atoms with Crippen molar-refractivity contribution < 1.29 is 32.9 Å². The molecular formula is C44H54F2N8O5. The number of terminal acetylenes is 1. The largest absolute Gasteiger partial charge is 0.486 e. The summed E-state index contributed by atoms with van der Waals surface area (Å²) in [6.07, 6.45) is 11.7. The van der Waals surface area contributed by atoms with E-state index in [0.717, 1.165) is 49.3 Å². The van der Waals surface area contributed by atoms with E-state index in [2.05, 4.69) is 29.6 Å². The number of fused-ring (bicyclic) bond motifs is 2. The van der Waals surface area contributed by atoms with E-state index >= 15 is 8.78 Å². The zero-order valence-electron chi connectivity index (χ0n) is 34.1. The van der Waals surface area contributed by atoms with Crippen molar-refractivity contribution in [3.05, 3.63) is 65.8 Å². The van der Waals surface area contributed by atoms with E-state index in [4.69, 9.17) is 35.6 Å². The number of halogens is 2. The van der Waals surface area contributed by atoms with Gasteiger partial charge in [0.25, 0.3) is 0 Å². The predicted molar refractivity (Wildman–Crippen MR) is 222 cm³/mol. The van der Waals surface area contributed by atoms with Gasteiger partial charge in [-0.15, -0.1) is 6.42 Å². The van der Waals surface area contributed by atoms with E-state index < -0.39 is 29.2 Å². The smallest absolute Gasteiger partial charge is 0.318 e. The van der Waals surface area contributed by atoms with E-state index in [1.165, 1.54) is 12.1 Å². The van der Waals surface area contributed by atoms with Crippen LogP contribution in [0.2, 0.25) is 0 Å². The van der Waals surface area contributed by atoms with Crippen LogP contribution in [-0.2, 0) is 22.4 Å². The number of pyridine rings is 1. The van der Waals surface area contributed by atoms with Crippen LogP contribution in [0, 0.1) is 18.2 Å². The molecule has 1 saturated carbocycles. The van der Waals surface area contributed by atoms with Crippen molar-refractivity contribution in [3.63, 3.8) is 0 Å². The average Bonchev–Trinajstić information content (AvgIpc) is 3.85. The molecule has 1 aromatic carbocycles. The maximum Gasteiger partial charge on any atom is 0.318 e. The molecule has 1 aliphatic carbocycles. The van der Waals surface area contributed by atoms with Crippen LogP contribution in [0.5, 0.6) is 11.8 Å². The van der Waals surface area contributed by atoms with Crippen molar-refractivity contribution in [1.82, 2.24) is 19.9 Å². The van der Waals surface area contributed by atoms with Crippen molar-refractivity contribution in [3.8, 4) is 24.1 Å². The summed E-state index contributed by atoms with van der Waals surface area (Å²) in [5.41, 5.74) is 1.60. The van der Waals surface area contributed by atoms with Gasteiger partial charge in [0.2, 0.25) is 5.91 Å². The Kier molecular flexibility index (Phi) is 11.3. The molecule has 2 N–H and O–H groups in total. The second-order valence-corrected chi connectivity index (χ2v) is 17.0. The summed E-state index contributed by atoms with van der Waals surface area (Å²) in [6, 6.07) is 6.90. The van der Waals surface area contributed by atoms with Gasteiger partial charge in [-0.25, -0.2) is 13.8 Å². The molecule has 15 heteroatoms. The zero-order valence-corrected chi connectivity index (χ0v) is 34.1. The van der Waals surface area contributed by atoms with Crippen molar-refractivity contribution in [2.75, 3.05) is 79.7 Å². The van der Waals surface area contributed by atoms with Gasteiger partial charge in [0.1, 0.15) is 31.0 Å². The van der Waals surface area contributed by atoms with Crippen LogP contribution in [0.1, 0.15) is 62.8 Å². The molecule has 5 atom stereocenters. The van der Waals surface area contributed by atoms with Crippen LogP contribution in [-0.4, -0.2) is 126 Å². The third-order valence-corrected chi connectivity index (χ3v) is 13.0. The first kappa shape index (κ1) is 40.6. The molecule has 314 valence electrons. The van der Waals surface area contributed by atoms with Gasteiger partial charge in [-0.2, -0.15) is 9.97 Å². The molecule has 0 unspecified atom stereocenters. The molecule has 3 aromatic rings. The third kappa shape index (κ3) is 7.84. The number of aromatic nitrogens is 3. The van der Waals surface area contributed by atoms with Gasteiger partial charge < -0.3 is 44.2 Å². The minimum Gasteiger partial charge on any atom is -0.486 e. The zero-order chi connectivity index (χ0) is 41.5. The van der Waals surface area contributed by atoms with Crippen LogP contribution in [0.3, 0.4) is 0 Å². The summed E-state index contributed by atoms with van der Waals surface area (Å²) in [7, 11) is 1.80.